The van der Waals surface area contributed by atoms with E-state index >= 15 is 0 Å². The van der Waals surface area contributed by atoms with Gasteiger partial charge < -0.3 is 14.7 Å². The molecule has 1 amide bonds. The summed E-state index contributed by atoms with van der Waals surface area (Å²) in [5.74, 6) is 1.82. The van der Waals surface area contributed by atoms with Gasteiger partial charge in [0, 0.05) is 57.4 Å². The summed E-state index contributed by atoms with van der Waals surface area (Å²) in [5, 5.41) is 0. The topological polar surface area (TPSA) is 52.6 Å². The molecule has 3 heterocycles. The maximum Gasteiger partial charge on any atom is 0.255 e. The Hall–Kier alpha value is -2.47. The van der Waals surface area contributed by atoms with E-state index < -0.39 is 0 Å². The highest BCUT2D eigenvalue weighted by Gasteiger charge is 2.34. The number of carbonyl (C=O) groups is 1. The molecule has 0 aromatic carbocycles. The Kier molecular flexibility index (Phi) is 7.32. The fraction of sp³-hybridized carbons (Fsp3) is 0.593. The van der Waals surface area contributed by atoms with Crippen molar-refractivity contribution in [3.63, 3.8) is 0 Å². The van der Waals surface area contributed by atoms with E-state index in [4.69, 9.17) is 4.98 Å². The lowest BCUT2D eigenvalue weighted by Crippen LogP contribution is -2.45. The molecular formula is C27H39N5O. The van der Waals surface area contributed by atoms with Gasteiger partial charge in [-0.3, -0.25) is 9.78 Å². The van der Waals surface area contributed by atoms with Crippen LogP contribution in [-0.4, -0.2) is 64.9 Å². The number of anilines is 1. The highest BCUT2D eigenvalue weighted by molar-refractivity contribution is 5.94. The van der Waals surface area contributed by atoms with Gasteiger partial charge in [-0.05, 0) is 67.8 Å². The average molecular weight is 450 g/mol. The predicted octanol–water partition coefficient (Wildman–Crippen LogP) is 4.48. The smallest absolute Gasteiger partial charge is 0.255 e. The van der Waals surface area contributed by atoms with Crippen molar-refractivity contribution < 1.29 is 4.79 Å². The van der Waals surface area contributed by atoms with Gasteiger partial charge in [-0.25, -0.2) is 4.98 Å². The summed E-state index contributed by atoms with van der Waals surface area (Å²) >= 11 is 0. The van der Waals surface area contributed by atoms with Crippen LogP contribution in [0.2, 0.25) is 0 Å². The Morgan fingerprint density at radius 3 is 2.33 bits per heavy atom. The Labute approximate surface area is 199 Å². The first-order valence-corrected chi connectivity index (χ1v) is 12.4. The van der Waals surface area contributed by atoms with Gasteiger partial charge in [0.15, 0.2) is 0 Å². The van der Waals surface area contributed by atoms with Crippen molar-refractivity contribution in [1.29, 1.82) is 0 Å². The van der Waals surface area contributed by atoms with E-state index in [2.05, 4.69) is 59.6 Å². The van der Waals surface area contributed by atoms with Crippen molar-refractivity contribution in [1.82, 2.24) is 19.8 Å². The summed E-state index contributed by atoms with van der Waals surface area (Å²) in [5.41, 5.74) is 2.08. The largest absolute Gasteiger partial charge is 0.354 e. The minimum absolute atomic E-state index is 0.0745. The third-order valence-corrected chi connectivity index (χ3v) is 7.52. The molecule has 0 bridgehead atoms. The molecule has 2 aromatic heterocycles. The van der Waals surface area contributed by atoms with Crippen molar-refractivity contribution in [2.45, 2.75) is 59.0 Å². The van der Waals surface area contributed by atoms with E-state index in [1.165, 1.54) is 12.8 Å². The fourth-order valence-corrected chi connectivity index (χ4v) is 5.20. The Balaban J connectivity index is 1.48. The zero-order valence-corrected chi connectivity index (χ0v) is 20.7. The van der Waals surface area contributed by atoms with Crippen LogP contribution in [0.3, 0.4) is 0 Å². The number of aromatic nitrogens is 2. The first kappa shape index (κ1) is 23.7. The summed E-state index contributed by atoms with van der Waals surface area (Å²) in [6.07, 6.45) is 9.82. The number of rotatable bonds is 5. The highest BCUT2D eigenvalue weighted by Crippen LogP contribution is 2.39. The number of likely N-dealkylation sites (N-methyl/N-ethyl adjacent to an activating group) is 1. The molecule has 2 aliphatic rings. The van der Waals surface area contributed by atoms with E-state index in [0.29, 0.717) is 23.4 Å². The summed E-state index contributed by atoms with van der Waals surface area (Å²) in [6, 6.07) is 8.23. The summed E-state index contributed by atoms with van der Waals surface area (Å²) in [6.45, 7) is 11.7. The lowest BCUT2D eigenvalue weighted by molar-refractivity contribution is 0.0530. The van der Waals surface area contributed by atoms with Gasteiger partial charge in [0.2, 0.25) is 0 Å². The van der Waals surface area contributed by atoms with Gasteiger partial charge in [0.1, 0.15) is 5.82 Å². The van der Waals surface area contributed by atoms with Crippen LogP contribution in [0.5, 0.6) is 0 Å². The average Bonchev–Trinajstić information content (AvgIpc) is 2.83. The van der Waals surface area contributed by atoms with Crippen LogP contribution < -0.4 is 4.90 Å². The number of carbonyl (C=O) groups excluding carboxylic acids is 1. The Morgan fingerprint density at radius 1 is 1.03 bits per heavy atom. The maximum absolute atomic E-state index is 13.5. The van der Waals surface area contributed by atoms with E-state index in [1.807, 2.05) is 18.3 Å². The summed E-state index contributed by atoms with van der Waals surface area (Å²) in [7, 11) is 2.16. The third kappa shape index (κ3) is 5.91. The lowest BCUT2D eigenvalue weighted by Gasteiger charge is -2.41. The molecule has 0 radical (unpaired) electrons. The third-order valence-electron chi connectivity index (χ3n) is 7.52. The van der Waals surface area contributed by atoms with Crippen molar-refractivity contribution in [2.24, 2.45) is 11.3 Å². The van der Waals surface area contributed by atoms with Crippen LogP contribution >= 0.6 is 0 Å². The molecule has 0 N–H and O–H groups in total. The van der Waals surface area contributed by atoms with Crippen molar-refractivity contribution in [3.05, 3.63) is 54.0 Å². The molecule has 1 saturated carbocycles. The molecule has 1 aliphatic carbocycles. The molecule has 1 aliphatic heterocycles. The van der Waals surface area contributed by atoms with E-state index in [-0.39, 0.29) is 11.9 Å². The zero-order valence-electron chi connectivity index (χ0n) is 20.7. The second kappa shape index (κ2) is 10.2. The van der Waals surface area contributed by atoms with Crippen LogP contribution in [0.25, 0.3) is 0 Å². The molecule has 0 atom stereocenters. The first-order valence-electron chi connectivity index (χ1n) is 12.4. The minimum atomic E-state index is 0.0745. The summed E-state index contributed by atoms with van der Waals surface area (Å²) in [4.78, 5) is 29.2. The van der Waals surface area contributed by atoms with Crippen LogP contribution in [0.4, 0.5) is 5.82 Å². The lowest BCUT2D eigenvalue weighted by atomic mass is 9.71. The normalized spacial score (nSPS) is 22.2. The Bertz CT molecular complexity index is 892. The van der Waals surface area contributed by atoms with Gasteiger partial charge in [-0.2, -0.15) is 0 Å². The van der Waals surface area contributed by atoms with Gasteiger partial charge in [0.25, 0.3) is 5.91 Å². The number of hydrogen-bond acceptors (Lipinski definition) is 5. The van der Waals surface area contributed by atoms with E-state index in [0.717, 1.165) is 50.4 Å². The molecule has 0 spiro atoms. The molecule has 6 heteroatoms. The van der Waals surface area contributed by atoms with Crippen molar-refractivity contribution >= 4 is 11.7 Å². The van der Waals surface area contributed by atoms with Gasteiger partial charge >= 0.3 is 0 Å². The predicted molar refractivity (Wildman–Crippen MR) is 133 cm³/mol. The number of amides is 1. The maximum atomic E-state index is 13.5. The van der Waals surface area contributed by atoms with Crippen LogP contribution in [0.15, 0.2) is 42.9 Å². The standard InChI is InChI=1S/C27H39N5O/c1-27(2,3)23-8-10-24(11-9-23)32(26(33)22-6-5-13-28-19-22)20-21-7-12-25(29-18-21)31-16-14-30(4)15-17-31/h5-7,12-13,18-19,23-24H,8-11,14-17,20H2,1-4H3. The molecule has 33 heavy (non-hydrogen) atoms. The van der Waals surface area contributed by atoms with E-state index in [9.17, 15) is 4.79 Å². The molecule has 4 rings (SSSR count). The van der Waals surface area contributed by atoms with Gasteiger partial charge in [-0.15, -0.1) is 0 Å². The van der Waals surface area contributed by atoms with Crippen molar-refractivity contribution in [2.75, 3.05) is 38.1 Å². The molecule has 2 fully saturated rings. The second-order valence-electron chi connectivity index (χ2n) is 10.9. The van der Waals surface area contributed by atoms with Crippen LogP contribution in [0, 0.1) is 11.3 Å². The number of pyridine rings is 2. The van der Waals surface area contributed by atoms with E-state index in [1.54, 1.807) is 12.4 Å². The quantitative estimate of drug-likeness (QED) is 0.674. The molecule has 1 saturated heterocycles. The van der Waals surface area contributed by atoms with Crippen molar-refractivity contribution in [3.8, 4) is 0 Å². The zero-order chi connectivity index (χ0) is 23.4. The highest BCUT2D eigenvalue weighted by atomic mass is 16.2. The number of nitrogens with zero attached hydrogens (tertiary/aromatic N) is 5. The molecular weight excluding hydrogens is 410 g/mol. The summed E-state index contributed by atoms with van der Waals surface area (Å²) < 4.78 is 0. The molecule has 178 valence electrons. The van der Waals surface area contributed by atoms with Crippen LogP contribution in [-0.2, 0) is 6.54 Å². The number of piperazine rings is 1. The minimum Gasteiger partial charge on any atom is -0.354 e. The Morgan fingerprint density at radius 2 is 1.76 bits per heavy atom. The van der Waals surface area contributed by atoms with Gasteiger partial charge in [0.05, 0.1) is 5.56 Å². The number of hydrogen-bond donors (Lipinski definition) is 0. The first-order chi connectivity index (χ1) is 15.8. The SMILES string of the molecule is CN1CCN(c2ccc(CN(C(=O)c3cccnc3)C3CCC(C(C)(C)C)CC3)cn2)CC1. The molecule has 0 unspecified atom stereocenters. The van der Waals surface area contributed by atoms with Crippen LogP contribution in [0.1, 0.15) is 62.4 Å². The molecule has 6 nitrogen and oxygen atoms in total. The monoisotopic (exact) mass is 449 g/mol. The van der Waals surface area contributed by atoms with Gasteiger partial charge in [-0.1, -0.05) is 26.8 Å². The fourth-order valence-electron chi connectivity index (χ4n) is 5.20. The molecule has 2 aromatic rings. The second-order valence-corrected chi connectivity index (χ2v) is 10.9.